The molecule has 0 bridgehead atoms. The van der Waals surface area contributed by atoms with Crippen molar-refractivity contribution in [1.29, 1.82) is 0 Å². The number of hydrogen-bond donors (Lipinski definition) is 2. The van der Waals surface area contributed by atoms with Crippen LogP contribution in [0.3, 0.4) is 0 Å². The van der Waals surface area contributed by atoms with Gasteiger partial charge in [0.1, 0.15) is 27.9 Å². The number of sulfone groups is 1. The molecule has 0 aliphatic rings. The summed E-state index contributed by atoms with van der Waals surface area (Å²) in [6.45, 7) is 1.34. The number of primary amides is 1. The van der Waals surface area contributed by atoms with Crippen LogP contribution in [0.15, 0.2) is 58.5 Å². The number of H-pyrrole nitrogens is 1. The van der Waals surface area contributed by atoms with Gasteiger partial charge in [0.05, 0.1) is 15.4 Å². The van der Waals surface area contributed by atoms with Gasteiger partial charge in [0.15, 0.2) is 0 Å². The molecule has 2 amide bonds. The number of amides is 2. The molecule has 0 aliphatic heterocycles. The summed E-state index contributed by atoms with van der Waals surface area (Å²) >= 11 is 6.50. The Morgan fingerprint density at radius 1 is 1.11 bits per heavy atom. The van der Waals surface area contributed by atoms with Gasteiger partial charge in [-0.1, -0.05) is 17.7 Å². The average Bonchev–Trinajstić information content (AvgIpc) is 3.18. The van der Waals surface area contributed by atoms with E-state index in [0.29, 0.717) is 39.7 Å². The van der Waals surface area contributed by atoms with Crippen LogP contribution in [0.1, 0.15) is 32.1 Å². The molecule has 0 spiro atoms. The summed E-state index contributed by atoms with van der Waals surface area (Å²) in [4.78, 5) is 32.0. The summed E-state index contributed by atoms with van der Waals surface area (Å²) in [5.41, 5.74) is 5.73. The first-order valence-electron chi connectivity index (χ1n) is 10.4. The third kappa shape index (κ3) is 4.42. The molecule has 0 unspecified atom stereocenters. The highest BCUT2D eigenvalue weighted by Gasteiger charge is 2.33. The largest absolute Gasteiger partial charge is 0.364 e. The minimum atomic E-state index is -4.63. The number of nitrogens with one attached hydrogen (secondary N) is 1. The molecule has 0 saturated carbocycles. The van der Waals surface area contributed by atoms with Gasteiger partial charge in [-0.2, -0.15) is 0 Å². The predicted molar refractivity (Wildman–Crippen MR) is 128 cm³/mol. The van der Waals surface area contributed by atoms with Gasteiger partial charge in [-0.3, -0.25) is 14.6 Å². The number of nitrogens with zero attached hydrogens (tertiary/aromatic N) is 2. The zero-order valence-corrected chi connectivity index (χ0v) is 20.5. The Hall–Kier alpha value is -3.83. The molecule has 12 heteroatoms. The second-order valence-corrected chi connectivity index (χ2v) is 10.3. The molecule has 0 atom stereocenters. The molecule has 2 aromatic heterocycles. The molecule has 4 rings (SSSR count). The second kappa shape index (κ2) is 9.32. The summed E-state index contributed by atoms with van der Waals surface area (Å²) < 4.78 is 53.9. The van der Waals surface area contributed by atoms with Gasteiger partial charge in [-0.25, -0.2) is 17.2 Å². The molecular formula is C24H19ClF2N4O4S. The van der Waals surface area contributed by atoms with E-state index in [-0.39, 0.29) is 17.8 Å². The summed E-state index contributed by atoms with van der Waals surface area (Å²) in [5.74, 6) is -4.08. The first-order valence-corrected chi connectivity index (χ1v) is 12.3. The molecule has 2 aromatic carbocycles. The van der Waals surface area contributed by atoms with Crippen molar-refractivity contribution in [3.63, 3.8) is 0 Å². The second-order valence-electron chi connectivity index (χ2n) is 8.07. The zero-order valence-electron chi connectivity index (χ0n) is 19.0. The van der Waals surface area contributed by atoms with E-state index in [1.807, 2.05) is 0 Å². The van der Waals surface area contributed by atoms with Crippen LogP contribution in [0.4, 0.5) is 8.78 Å². The topological polar surface area (TPSA) is 126 Å². The number of halogens is 3. The Balaban J connectivity index is 1.75. The van der Waals surface area contributed by atoms with Crippen LogP contribution < -0.4 is 5.73 Å². The van der Waals surface area contributed by atoms with Gasteiger partial charge in [0.2, 0.25) is 9.84 Å². The highest BCUT2D eigenvalue weighted by atomic mass is 35.5. The number of carbonyl (C=O) groups is 2. The van der Waals surface area contributed by atoms with Crippen LogP contribution in [-0.2, 0) is 16.4 Å². The lowest BCUT2D eigenvalue weighted by atomic mass is 10.1. The average molecular weight is 533 g/mol. The van der Waals surface area contributed by atoms with Crippen LogP contribution in [0, 0.1) is 18.6 Å². The maximum absolute atomic E-state index is 13.7. The fourth-order valence-electron chi connectivity index (χ4n) is 3.90. The lowest BCUT2D eigenvalue weighted by Gasteiger charge is -2.18. The molecule has 4 aromatic rings. The van der Waals surface area contributed by atoms with Crippen molar-refractivity contribution >= 4 is 44.2 Å². The lowest BCUT2D eigenvalue weighted by Crippen LogP contribution is -2.27. The zero-order chi connectivity index (χ0) is 26.4. The van der Waals surface area contributed by atoms with Gasteiger partial charge in [0.25, 0.3) is 11.8 Å². The molecule has 0 saturated heterocycles. The highest BCUT2D eigenvalue weighted by molar-refractivity contribution is 7.91. The van der Waals surface area contributed by atoms with Crippen LogP contribution in [0.2, 0.25) is 5.02 Å². The van der Waals surface area contributed by atoms with Crippen LogP contribution in [0.5, 0.6) is 0 Å². The lowest BCUT2D eigenvalue weighted by molar-refractivity contribution is 0.0779. The van der Waals surface area contributed by atoms with Gasteiger partial charge in [-0.15, -0.1) is 0 Å². The highest BCUT2D eigenvalue weighted by Crippen LogP contribution is 2.32. The quantitative estimate of drug-likeness (QED) is 0.388. The molecule has 8 nitrogen and oxygen atoms in total. The van der Waals surface area contributed by atoms with Crippen molar-refractivity contribution in [2.75, 3.05) is 7.05 Å². The number of hydrogen-bond acceptors (Lipinski definition) is 5. The third-order valence-electron chi connectivity index (χ3n) is 5.62. The van der Waals surface area contributed by atoms with Gasteiger partial charge >= 0.3 is 0 Å². The van der Waals surface area contributed by atoms with E-state index in [2.05, 4.69) is 9.97 Å². The maximum Gasteiger partial charge on any atom is 0.270 e. The number of rotatable bonds is 6. The fraction of sp³-hybridized carbons (Fsp3) is 0.125. The van der Waals surface area contributed by atoms with Crippen molar-refractivity contribution in [3.05, 3.63) is 87.8 Å². The van der Waals surface area contributed by atoms with E-state index >= 15 is 0 Å². The SMILES string of the molecule is Cc1c(C(=O)N(C)Cc2ccc3ncccc3c2Cl)[nH]c(C(N)=O)c1S(=O)(=O)c1cc(F)cc(F)c1. The summed E-state index contributed by atoms with van der Waals surface area (Å²) in [7, 11) is -3.16. The number of benzene rings is 2. The number of carbonyl (C=O) groups excluding carboxylic acids is 2. The Labute approximate surface area is 209 Å². The van der Waals surface area contributed by atoms with Crippen LogP contribution in [-0.4, -0.2) is 42.1 Å². The number of aromatic nitrogens is 2. The van der Waals surface area contributed by atoms with E-state index in [9.17, 15) is 26.8 Å². The number of fused-ring (bicyclic) bond motifs is 1. The minimum absolute atomic E-state index is 0.0457. The monoisotopic (exact) mass is 532 g/mol. The van der Waals surface area contributed by atoms with E-state index in [4.69, 9.17) is 17.3 Å². The van der Waals surface area contributed by atoms with Crippen molar-refractivity contribution in [1.82, 2.24) is 14.9 Å². The maximum atomic E-state index is 13.7. The molecule has 0 radical (unpaired) electrons. The normalized spacial score (nSPS) is 11.6. The summed E-state index contributed by atoms with van der Waals surface area (Å²) in [6.07, 6.45) is 1.63. The first-order chi connectivity index (χ1) is 16.9. The van der Waals surface area contributed by atoms with E-state index < -0.39 is 48.8 Å². The first kappa shape index (κ1) is 25.3. The smallest absolute Gasteiger partial charge is 0.270 e. The molecule has 2 heterocycles. The fourth-order valence-corrected chi connectivity index (χ4v) is 5.88. The third-order valence-corrected chi connectivity index (χ3v) is 7.97. The minimum Gasteiger partial charge on any atom is -0.364 e. The Morgan fingerprint density at radius 3 is 2.42 bits per heavy atom. The van der Waals surface area contributed by atoms with Crippen LogP contribution >= 0.6 is 11.6 Å². The molecule has 36 heavy (non-hydrogen) atoms. The van der Waals surface area contributed by atoms with E-state index in [1.165, 1.54) is 18.9 Å². The van der Waals surface area contributed by atoms with Gasteiger partial charge in [0, 0.05) is 31.2 Å². The van der Waals surface area contributed by atoms with Crippen molar-refractivity contribution < 1.29 is 26.8 Å². The van der Waals surface area contributed by atoms with Gasteiger partial charge in [-0.05, 0) is 48.4 Å². The molecule has 186 valence electrons. The Morgan fingerprint density at radius 2 is 1.78 bits per heavy atom. The van der Waals surface area contributed by atoms with Crippen molar-refractivity contribution in [2.24, 2.45) is 5.73 Å². The standard InChI is InChI=1S/C24H19ClF2N4O4S/c1-12-20(24(33)31(2)11-13-5-6-18-17(19(13)25)4-3-7-29-18)30-21(23(28)32)22(12)36(34,35)16-9-14(26)8-15(27)10-16/h3-10,30H,11H2,1-2H3,(H2,28,32). The van der Waals surface area contributed by atoms with Crippen molar-refractivity contribution in [3.8, 4) is 0 Å². The molecular weight excluding hydrogens is 514 g/mol. The number of nitrogens with two attached hydrogens (primary N) is 1. The van der Waals surface area contributed by atoms with E-state index in [0.717, 1.165) is 0 Å². The van der Waals surface area contributed by atoms with Gasteiger partial charge < -0.3 is 15.6 Å². The van der Waals surface area contributed by atoms with E-state index in [1.54, 1.807) is 30.5 Å². The van der Waals surface area contributed by atoms with Crippen molar-refractivity contribution in [2.45, 2.75) is 23.3 Å². The molecule has 3 N–H and O–H groups in total. The predicted octanol–water partition coefficient (Wildman–Crippen LogP) is 4.01. The summed E-state index contributed by atoms with van der Waals surface area (Å²) in [6, 6.07) is 8.72. The number of pyridine rings is 1. The number of aromatic amines is 1. The summed E-state index contributed by atoms with van der Waals surface area (Å²) in [5, 5.41) is 1.10. The Kier molecular flexibility index (Phi) is 6.54. The molecule has 0 aliphatic carbocycles. The molecule has 0 fully saturated rings. The Bertz CT molecular complexity index is 1630. The van der Waals surface area contributed by atoms with Crippen LogP contribution in [0.25, 0.3) is 10.9 Å².